The Morgan fingerprint density at radius 1 is 1.17 bits per heavy atom. The lowest BCUT2D eigenvalue weighted by Crippen LogP contribution is -2.25. The van der Waals surface area contributed by atoms with Gasteiger partial charge in [0, 0.05) is 53.6 Å². The Balaban J connectivity index is 1.78. The highest BCUT2D eigenvalue weighted by atomic mass is 15.1. The summed E-state index contributed by atoms with van der Waals surface area (Å²) in [6.07, 6.45) is 2.91. The van der Waals surface area contributed by atoms with Crippen LogP contribution in [0.2, 0.25) is 0 Å². The number of likely N-dealkylation sites (N-methyl/N-ethyl adjacent to an activating group) is 1. The summed E-state index contributed by atoms with van der Waals surface area (Å²) in [4.78, 5) is 10.3. The largest absolute Gasteiger partial charge is 0.357 e. The molecule has 0 amide bonds. The lowest BCUT2D eigenvalue weighted by molar-refractivity contribution is 0.313. The fourth-order valence-electron chi connectivity index (χ4n) is 3.16. The molecule has 4 rings (SSSR count). The van der Waals surface area contributed by atoms with Gasteiger partial charge in [0.05, 0.1) is 5.52 Å². The summed E-state index contributed by atoms with van der Waals surface area (Å²) in [7, 11) is 2.18. The number of hydrogen-bond acceptors (Lipinski definition) is 2. The van der Waals surface area contributed by atoms with Crippen molar-refractivity contribution in [1.82, 2.24) is 14.9 Å². The highest BCUT2D eigenvalue weighted by Gasteiger charge is 2.18. The standard InChI is InChI=1S/C20H19N3/c1-14-6-7-15(12-21-14)8-9-16-4-3-5-17-18-13-23(2)11-10-19(18)22-20(16)17/h3-7,12,22H,10-11,13H2,1-2H3. The van der Waals surface area contributed by atoms with E-state index in [1.54, 1.807) is 0 Å². The van der Waals surface area contributed by atoms with Crippen LogP contribution in [-0.4, -0.2) is 28.5 Å². The van der Waals surface area contributed by atoms with Gasteiger partial charge in [0.1, 0.15) is 0 Å². The minimum Gasteiger partial charge on any atom is -0.357 e. The molecule has 0 unspecified atom stereocenters. The third-order valence-electron chi connectivity index (χ3n) is 4.45. The molecule has 1 aliphatic rings. The Kier molecular flexibility index (Phi) is 3.40. The first kappa shape index (κ1) is 14.0. The highest BCUT2D eigenvalue weighted by molar-refractivity contribution is 5.89. The van der Waals surface area contributed by atoms with Crippen LogP contribution in [0.25, 0.3) is 10.9 Å². The minimum atomic E-state index is 0.948. The molecule has 0 fully saturated rings. The number of aryl methyl sites for hydroxylation is 1. The molecule has 0 atom stereocenters. The van der Waals surface area contributed by atoms with E-state index < -0.39 is 0 Å². The fraction of sp³-hybridized carbons (Fsp3) is 0.250. The van der Waals surface area contributed by atoms with Crippen molar-refractivity contribution in [2.75, 3.05) is 13.6 Å². The lowest BCUT2D eigenvalue weighted by Gasteiger charge is -2.22. The second-order valence-electron chi connectivity index (χ2n) is 6.24. The van der Waals surface area contributed by atoms with Crippen molar-refractivity contribution in [2.45, 2.75) is 19.9 Å². The average molecular weight is 301 g/mol. The summed E-state index contributed by atoms with van der Waals surface area (Å²) in [5, 5.41) is 1.31. The number of nitrogens with zero attached hydrogens (tertiary/aromatic N) is 2. The number of para-hydroxylation sites is 1. The molecule has 114 valence electrons. The monoisotopic (exact) mass is 301 g/mol. The van der Waals surface area contributed by atoms with Gasteiger partial charge in [-0.2, -0.15) is 0 Å². The Hall–Kier alpha value is -2.57. The molecule has 1 aliphatic heterocycles. The number of aromatic amines is 1. The molecule has 0 aliphatic carbocycles. The van der Waals surface area contributed by atoms with Gasteiger partial charge in [-0.3, -0.25) is 4.98 Å². The number of pyridine rings is 1. The van der Waals surface area contributed by atoms with Crippen LogP contribution in [0, 0.1) is 18.8 Å². The van der Waals surface area contributed by atoms with Gasteiger partial charge in [0.2, 0.25) is 0 Å². The van der Waals surface area contributed by atoms with Crippen molar-refractivity contribution in [3.8, 4) is 11.8 Å². The van der Waals surface area contributed by atoms with Crippen LogP contribution in [0.3, 0.4) is 0 Å². The first-order valence-corrected chi connectivity index (χ1v) is 7.96. The van der Waals surface area contributed by atoms with Gasteiger partial charge in [-0.15, -0.1) is 0 Å². The molecular formula is C20H19N3. The number of aromatic nitrogens is 2. The van der Waals surface area contributed by atoms with E-state index in [1.165, 1.54) is 22.2 Å². The van der Waals surface area contributed by atoms with E-state index in [-0.39, 0.29) is 0 Å². The first-order valence-electron chi connectivity index (χ1n) is 7.96. The molecule has 0 radical (unpaired) electrons. The molecule has 0 spiro atoms. The Morgan fingerprint density at radius 2 is 2.09 bits per heavy atom. The summed E-state index contributed by atoms with van der Waals surface area (Å²) < 4.78 is 0. The van der Waals surface area contributed by atoms with Gasteiger partial charge in [0.15, 0.2) is 0 Å². The predicted octanol–water partition coefficient (Wildman–Crippen LogP) is 3.26. The SMILES string of the molecule is Cc1ccc(C#Cc2cccc3c4c([nH]c23)CCN(C)C4)cn1. The van der Waals surface area contributed by atoms with E-state index in [9.17, 15) is 0 Å². The number of fused-ring (bicyclic) bond motifs is 3. The van der Waals surface area contributed by atoms with E-state index in [0.29, 0.717) is 0 Å². The molecule has 3 nitrogen and oxygen atoms in total. The molecule has 0 saturated carbocycles. The van der Waals surface area contributed by atoms with E-state index in [1.807, 2.05) is 25.3 Å². The topological polar surface area (TPSA) is 31.9 Å². The molecule has 0 bridgehead atoms. The van der Waals surface area contributed by atoms with Crippen LogP contribution >= 0.6 is 0 Å². The van der Waals surface area contributed by atoms with E-state index in [4.69, 9.17) is 0 Å². The Bertz CT molecular complexity index is 923. The zero-order chi connectivity index (χ0) is 15.8. The molecule has 3 heteroatoms. The Morgan fingerprint density at radius 3 is 2.91 bits per heavy atom. The van der Waals surface area contributed by atoms with Crippen molar-refractivity contribution in [1.29, 1.82) is 0 Å². The molecule has 1 aromatic carbocycles. The third kappa shape index (κ3) is 2.62. The molecular weight excluding hydrogens is 282 g/mol. The maximum atomic E-state index is 4.30. The summed E-state index contributed by atoms with van der Waals surface area (Å²) in [5.41, 5.74) is 6.97. The van der Waals surface area contributed by atoms with Gasteiger partial charge < -0.3 is 9.88 Å². The van der Waals surface area contributed by atoms with E-state index in [0.717, 1.165) is 36.3 Å². The predicted molar refractivity (Wildman–Crippen MR) is 93.3 cm³/mol. The maximum Gasteiger partial charge on any atom is 0.0618 e. The van der Waals surface area contributed by atoms with Crippen LogP contribution < -0.4 is 0 Å². The highest BCUT2D eigenvalue weighted by Crippen LogP contribution is 2.28. The molecule has 23 heavy (non-hydrogen) atoms. The second kappa shape index (κ2) is 5.57. The maximum absolute atomic E-state index is 4.30. The van der Waals surface area contributed by atoms with Crippen molar-refractivity contribution < 1.29 is 0 Å². The molecule has 2 aromatic heterocycles. The number of H-pyrrole nitrogens is 1. The number of hydrogen-bond donors (Lipinski definition) is 1. The molecule has 3 aromatic rings. The van der Waals surface area contributed by atoms with Gasteiger partial charge >= 0.3 is 0 Å². The normalized spacial score (nSPS) is 14.3. The summed E-state index contributed by atoms with van der Waals surface area (Å²) in [5.74, 6) is 6.54. The number of nitrogens with one attached hydrogen (secondary N) is 1. The number of benzene rings is 1. The molecule has 1 N–H and O–H groups in total. The summed E-state index contributed by atoms with van der Waals surface area (Å²) in [6.45, 7) is 4.10. The molecule has 0 saturated heterocycles. The van der Waals surface area contributed by atoms with Crippen molar-refractivity contribution >= 4 is 10.9 Å². The summed E-state index contributed by atoms with van der Waals surface area (Å²) >= 11 is 0. The van der Waals surface area contributed by atoms with Gasteiger partial charge in [-0.25, -0.2) is 0 Å². The zero-order valence-electron chi connectivity index (χ0n) is 13.5. The molecule has 3 heterocycles. The quantitative estimate of drug-likeness (QED) is 0.646. The van der Waals surface area contributed by atoms with Gasteiger partial charge in [0.25, 0.3) is 0 Å². The Labute approximate surface area is 136 Å². The van der Waals surface area contributed by atoms with Gasteiger partial charge in [-0.1, -0.05) is 24.0 Å². The summed E-state index contributed by atoms with van der Waals surface area (Å²) in [6, 6.07) is 10.4. The van der Waals surface area contributed by atoms with Crippen LogP contribution in [-0.2, 0) is 13.0 Å². The van der Waals surface area contributed by atoms with E-state index >= 15 is 0 Å². The zero-order valence-corrected chi connectivity index (χ0v) is 13.5. The smallest absolute Gasteiger partial charge is 0.0618 e. The van der Waals surface area contributed by atoms with Crippen LogP contribution in [0.4, 0.5) is 0 Å². The van der Waals surface area contributed by atoms with Crippen LogP contribution in [0.5, 0.6) is 0 Å². The van der Waals surface area contributed by atoms with Crippen LogP contribution in [0.1, 0.15) is 28.1 Å². The van der Waals surface area contributed by atoms with Gasteiger partial charge in [-0.05, 0) is 37.7 Å². The number of rotatable bonds is 0. The minimum absolute atomic E-state index is 0.948. The van der Waals surface area contributed by atoms with Crippen LogP contribution in [0.15, 0.2) is 36.5 Å². The fourth-order valence-corrected chi connectivity index (χ4v) is 3.16. The van der Waals surface area contributed by atoms with E-state index in [2.05, 4.69) is 52.0 Å². The lowest BCUT2D eigenvalue weighted by atomic mass is 10.0. The van der Waals surface area contributed by atoms with Crippen molar-refractivity contribution in [3.63, 3.8) is 0 Å². The first-order chi connectivity index (χ1) is 11.2. The third-order valence-corrected chi connectivity index (χ3v) is 4.45. The second-order valence-corrected chi connectivity index (χ2v) is 6.24. The average Bonchev–Trinajstić information content (AvgIpc) is 2.93. The van der Waals surface area contributed by atoms with Crippen molar-refractivity contribution in [3.05, 3.63) is 64.6 Å². The van der Waals surface area contributed by atoms with Crippen molar-refractivity contribution in [2.24, 2.45) is 0 Å².